The van der Waals surface area contributed by atoms with E-state index in [0.29, 0.717) is 71.2 Å². The zero-order valence-electron chi connectivity index (χ0n) is 34.0. The monoisotopic (exact) mass is 799 g/mol. The third-order valence-electron chi connectivity index (χ3n) is 13.5. The average molecular weight is 800 g/mol. The molecule has 1 N–H and O–H groups in total. The van der Waals surface area contributed by atoms with E-state index in [0.717, 1.165) is 32.2 Å². The Bertz CT molecular complexity index is 2290. The third kappa shape index (κ3) is 6.58. The Kier molecular flexibility index (Phi) is 10.6. The highest BCUT2D eigenvalue weighted by atomic mass is 28.3. The summed E-state index contributed by atoms with van der Waals surface area (Å²) >= 11 is 0. The van der Waals surface area contributed by atoms with Crippen LogP contribution in [0, 0.1) is 28.9 Å². The number of anilines is 1. The van der Waals surface area contributed by atoms with Gasteiger partial charge in [-0.15, -0.1) is 5.54 Å². The topological polar surface area (TPSA) is 62.8 Å². The number of halogens is 4. The molecule has 0 saturated carbocycles. The molecule has 3 atom stereocenters. The summed E-state index contributed by atoms with van der Waals surface area (Å²) in [7, 11) is -0.964. The van der Waals surface area contributed by atoms with Gasteiger partial charge in [-0.05, 0) is 77.9 Å². The van der Waals surface area contributed by atoms with Gasteiger partial charge in [-0.3, -0.25) is 4.90 Å². The maximum Gasteiger partial charge on any atom is 0.319 e. The number of benzene rings is 3. The summed E-state index contributed by atoms with van der Waals surface area (Å²) in [5, 5.41) is 4.66. The normalized spacial score (nSPS) is 23.1. The maximum atomic E-state index is 17.7. The van der Waals surface area contributed by atoms with Crippen LogP contribution in [0.3, 0.4) is 0 Å². The fraction of sp³-hybridized carbons (Fsp3) is 0.511. The van der Waals surface area contributed by atoms with Crippen molar-refractivity contribution in [3.8, 4) is 34.4 Å². The Hall–Kier alpha value is -4.18. The lowest BCUT2D eigenvalue weighted by atomic mass is 9.92. The Morgan fingerprint density at radius 1 is 0.965 bits per heavy atom. The Labute approximate surface area is 334 Å². The molecule has 4 saturated heterocycles. The first-order valence-electron chi connectivity index (χ1n) is 20.5. The Balaban J connectivity index is 1.34. The van der Waals surface area contributed by atoms with E-state index in [-0.39, 0.29) is 58.0 Å². The van der Waals surface area contributed by atoms with Crippen molar-refractivity contribution in [2.75, 3.05) is 44.8 Å². The lowest BCUT2D eigenvalue weighted by Gasteiger charge is -2.38. The van der Waals surface area contributed by atoms with Crippen molar-refractivity contribution in [3.63, 3.8) is 0 Å². The van der Waals surface area contributed by atoms with Gasteiger partial charge in [0.15, 0.2) is 17.4 Å². The number of nitrogens with one attached hydrogen (secondary N) is 1. The smallest absolute Gasteiger partial charge is 0.319 e. The predicted molar refractivity (Wildman–Crippen MR) is 222 cm³/mol. The van der Waals surface area contributed by atoms with Gasteiger partial charge in [-0.1, -0.05) is 71.7 Å². The molecule has 8 rings (SSSR count). The van der Waals surface area contributed by atoms with Crippen LogP contribution in [0.5, 0.6) is 11.8 Å². The first kappa shape index (κ1) is 39.6. The molecule has 1 aromatic heterocycles. The molecule has 302 valence electrons. The molecule has 0 aliphatic carbocycles. The van der Waals surface area contributed by atoms with Crippen molar-refractivity contribution in [1.82, 2.24) is 20.2 Å². The molecule has 5 heterocycles. The van der Waals surface area contributed by atoms with Crippen LogP contribution in [-0.2, 0) is 0 Å². The largest absolute Gasteiger partial charge is 0.493 e. The predicted octanol–water partition coefficient (Wildman–Crippen LogP) is 9.86. The quantitative estimate of drug-likeness (QED) is 0.103. The van der Waals surface area contributed by atoms with E-state index in [1.165, 1.54) is 13.2 Å². The van der Waals surface area contributed by atoms with Gasteiger partial charge in [0.2, 0.25) is 0 Å². The molecule has 7 nitrogen and oxygen atoms in total. The van der Waals surface area contributed by atoms with E-state index >= 15 is 13.2 Å². The van der Waals surface area contributed by atoms with Gasteiger partial charge in [0.25, 0.3) is 0 Å². The molecule has 4 aromatic rings. The van der Waals surface area contributed by atoms with Crippen molar-refractivity contribution < 1.29 is 27.0 Å². The SMILES string of the molecule is COc1c(F)c(-c2cccc3ccc(F)c(C#C[Si](C(C)C)(C(C)C)C(C)C)c23)c(F)c2nc(OC[C@@]34CCCN3C/C(=C\F)C4)nc(N3CC4CCC(C3)N4)c12. The highest BCUT2D eigenvalue weighted by Gasteiger charge is 2.47. The summed E-state index contributed by atoms with van der Waals surface area (Å²) in [4.78, 5) is 13.8. The van der Waals surface area contributed by atoms with Crippen LogP contribution in [0.25, 0.3) is 32.8 Å². The van der Waals surface area contributed by atoms with Crippen LogP contribution < -0.4 is 19.7 Å². The molecule has 0 spiro atoms. The van der Waals surface area contributed by atoms with Gasteiger partial charge < -0.3 is 19.7 Å². The third-order valence-corrected chi connectivity index (χ3v) is 19.8. The molecular formula is C45H53F4N5O2Si. The Morgan fingerprint density at radius 3 is 2.35 bits per heavy atom. The van der Waals surface area contributed by atoms with E-state index in [2.05, 4.69) is 68.2 Å². The minimum Gasteiger partial charge on any atom is -0.493 e. The van der Waals surface area contributed by atoms with Crippen LogP contribution in [0.15, 0.2) is 42.2 Å². The molecule has 4 aliphatic rings. The zero-order valence-corrected chi connectivity index (χ0v) is 35.0. The van der Waals surface area contributed by atoms with Crippen LogP contribution >= 0.6 is 0 Å². The highest BCUT2D eigenvalue weighted by Crippen LogP contribution is 2.47. The second-order valence-corrected chi connectivity index (χ2v) is 23.2. The summed E-state index contributed by atoms with van der Waals surface area (Å²) in [6.07, 6.45) is 4.96. The molecule has 3 aromatic carbocycles. The minimum absolute atomic E-state index is 0.0475. The lowest BCUT2D eigenvalue weighted by Crippen LogP contribution is -2.51. The summed E-state index contributed by atoms with van der Waals surface area (Å²) in [6, 6.07) is 8.46. The number of aromatic nitrogens is 2. The van der Waals surface area contributed by atoms with Gasteiger partial charge >= 0.3 is 6.01 Å². The molecule has 4 aliphatic heterocycles. The number of nitrogens with zero attached hydrogens (tertiary/aromatic N) is 4. The molecule has 57 heavy (non-hydrogen) atoms. The molecule has 0 radical (unpaired) electrons. The van der Waals surface area contributed by atoms with E-state index < -0.39 is 31.1 Å². The van der Waals surface area contributed by atoms with E-state index in [9.17, 15) is 4.39 Å². The van der Waals surface area contributed by atoms with Gasteiger partial charge in [0.05, 0.1) is 35.5 Å². The van der Waals surface area contributed by atoms with Crippen molar-refractivity contribution in [3.05, 3.63) is 65.2 Å². The number of fused-ring (bicyclic) bond motifs is 5. The number of rotatable bonds is 9. The van der Waals surface area contributed by atoms with Crippen molar-refractivity contribution in [1.29, 1.82) is 0 Å². The van der Waals surface area contributed by atoms with Crippen LogP contribution in [0.4, 0.5) is 23.4 Å². The van der Waals surface area contributed by atoms with E-state index in [1.54, 1.807) is 24.3 Å². The molecule has 0 amide bonds. The van der Waals surface area contributed by atoms with E-state index in [4.69, 9.17) is 14.5 Å². The molecular weight excluding hydrogens is 747 g/mol. The number of hydrogen-bond acceptors (Lipinski definition) is 7. The second-order valence-electron chi connectivity index (χ2n) is 17.6. The zero-order chi connectivity index (χ0) is 40.4. The highest BCUT2D eigenvalue weighted by molar-refractivity contribution is 6.90. The Morgan fingerprint density at radius 2 is 1.68 bits per heavy atom. The van der Waals surface area contributed by atoms with Crippen LogP contribution in [0.2, 0.25) is 16.6 Å². The molecule has 4 fully saturated rings. The van der Waals surface area contributed by atoms with Gasteiger partial charge in [0.1, 0.15) is 31.8 Å². The van der Waals surface area contributed by atoms with Crippen LogP contribution in [-0.4, -0.2) is 80.5 Å². The van der Waals surface area contributed by atoms with Crippen molar-refractivity contribution in [2.45, 2.75) is 108 Å². The minimum atomic E-state index is -2.32. The fourth-order valence-electron chi connectivity index (χ4n) is 10.9. The van der Waals surface area contributed by atoms with Gasteiger partial charge in [-0.2, -0.15) is 9.97 Å². The standard InChI is InChI=1S/C45H53F4N5O2Si/c1-26(2)57(27(3)4,28(5)6)19-16-33-35(47)15-12-30-10-8-11-34(36(30)33)37-39(48)41-38(42(55-7)40(37)49)43(53-23-31-13-14-32(24-53)50-31)52-44(51-41)56-25-45-17-9-18-54(45)22-29(20-45)21-46/h8,10-12,15,21,26-28,31-32,50H,9,13-14,17-18,20,22-25H2,1-7H3/b29-21-/t31?,32?,45-/m0/s1. The fourth-order valence-corrected chi connectivity index (χ4v) is 16.1. The number of ether oxygens (including phenoxy) is 2. The number of hydrogen-bond donors (Lipinski definition) is 1. The summed E-state index contributed by atoms with van der Waals surface area (Å²) in [5.74, 6) is 0.995. The second kappa shape index (κ2) is 15.2. The maximum absolute atomic E-state index is 17.7. The number of methoxy groups -OCH3 is 1. The van der Waals surface area contributed by atoms with Gasteiger partial charge in [-0.25, -0.2) is 17.6 Å². The lowest BCUT2D eigenvalue weighted by molar-refractivity contribution is 0.108. The summed E-state index contributed by atoms with van der Waals surface area (Å²) in [5.41, 5.74) is 4.54. The van der Waals surface area contributed by atoms with Gasteiger partial charge in [0, 0.05) is 37.1 Å². The average Bonchev–Trinajstić information content (AvgIpc) is 3.85. The summed E-state index contributed by atoms with van der Waals surface area (Å²) < 4.78 is 77.1. The number of piperazine rings is 1. The first-order valence-corrected chi connectivity index (χ1v) is 22.7. The first-order chi connectivity index (χ1) is 27.3. The van der Waals surface area contributed by atoms with E-state index in [1.807, 2.05) is 4.90 Å². The van der Waals surface area contributed by atoms with Crippen molar-refractivity contribution >= 4 is 35.6 Å². The molecule has 2 unspecified atom stereocenters. The molecule has 2 bridgehead atoms. The van der Waals surface area contributed by atoms with Crippen LogP contribution in [0.1, 0.15) is 79.2 Å². The summed E-state index contributed by atoms with van der Waals surface area (Å²) in [6.45, 7) is 15.8. The molecule has 12 heteroatoms. The van der Waals surface area contributed by atoms with Crippen molar-refractivity contribution in [2.24, 2.45) is 0 Å².